The fourth-order valence-electron chi connectivity index (χ4n) is 2.63. The zero-order valence-electron chi connectivity index (χ0n) is 13.2. The molecule has 1 atom stereocenters. The molecular formula is C14H31IN4S. The number of guanidine groups is 1. The highest BCUT2D eigenvalue weighted by atomic mass is 127. The average molecular weight is 414 g/mol. The Balaban J connectivity index is 0.00000361. The molecule has 0 bridgehead atoms. The lowest BCUT2D eigenvalue weighted by Gasteiger charge is -2.35. The average Bonchev–Trinajstić information content (AvgIpc) is 2.46. The fraction of sp³-hybridized carbons (Fsp3) is 0.929. The first kappa shape index (κ1) is 20.3. The van der Waals surface area contributed by atoms with Crippen LogP contribution in [-0.4, -0.2) is 62.1 Å². The first-order chi connectivity index (χ1) is 9.31. The Morgan fingerprint density at radius 2 is 2.05 bits per heavy atom. The lowest BCUT2D eigenvalue weighted by molar-refractivity contribution is 0.147. The number of hydrogen-bond donors (Lipinski definition) is 2. The highest BCUT2D eigenvalue weighted by Gasteiger charge is 2.19. The van der Waals surface area contributed by atoms with Crippen LogP contribution < -0.4 is 10.6 Å². The standard InChI is InChI=1S/C14H30N4S.HI/c1-4-13-7-5-6-10-18(13)11-8-16-14(15-2)17-9-12-19-3;/h13H,4-12H2,1-3H3,(H2,15,16,17);1H. The summed E-state index contributed by atoms with van der Waals surface area (Å²) in [5.74, 6) is 2.05. The molecule has 1 aliphatic rings. The number of thioether (sulfide) groups is 1. The Morgan fingerprint density at radius 3 is 2.70 bits per heavy atom. The van der Waals surface area contributed by atoms with Gasteiger partial charge in [0.1, 0.15) is 0 Å². The van der Waals surface area contributed by atoms with Crippen molar-refractivity contribution in [2.75, 3.05) is 45.2 Å². The summed E-state index contributed by atoms with van der Waals surface area (Å²) in [6, 6.07) is 0.794. The van der Waals surface area contributed by atoms with Gasteiger partial charge in [-0.3, -0.25) is 9.89 Å². The maximum absolute atomic E-state index is 4.25. The van der Waals surface area contributed by atoms with Gasteiger partial charge in [-0.25, -0.2) is 0 Å². The van der Waals surface area contributed by atoms with Gasteiger partial charge in [-0.15, -0.1) is 24.0 Å². The van der Waals surface area contributed by atoms with Crippen molar-refractivity contribution in [3.63, 3.8) is 0 Å². The molecule has 4 nitrogen and oxygen atoms in total. The lowest BCUT2D eigenvalue weighted by Crippen LogP contribution is -2.46. The summed E-state index contributed by atoms with van der Waals surface area (Å²) in [6.45, 7) is 6.65. The van der Waals surface area contributed by atoms with Crippen LogP contribution in [0.4, 0.5) is 0 Å². The van der Waals surface area contributed by atoms with E-state index in [2.05, 4.69) is 33.7 Å². The Kier molecular flexibility index (Phi) is 13.2. The van der Waals surface area contributed by atoms with E-state index in [1.54, 1.807) is 0 Å². The van der Waals surface area contributed by atoms with E-state index in [9.17, 15) is 0 Å². The first-order valence-electron chi connectivity index (χ1n) is 7.49. The lowest BCUT2D eigenvalue weighted by atomic mass is 10.0. The molecule has 0 spiro atoms. The van der Waals surface area contributed by atoms with Crippen molar-refractivity contribution >= 4 is 41.7 Å². The van der Waals surface area contributed by atoms with Gasteiger partial charge in [0.2, 0.25) is 0 Å². The van der Waals surface area contributed by atoms with E-state index in [1.807, 2.05) is 18.8 Å². The van der Waals surface area contributed by atoms with Crippen molar-refractivity contribution < 1.29 is 0 Å². The molecule has 1 saturated heterocycles. The van der Waals surface area contributed by atoms with Gasteiger partial charge in [0.15, 0.2) is 5.96 Å². The number of aliphatic imine (C=N–C) groups is 1. The van der Waals surface area contributed by atoms with E-state index in [4.69, 9.17) is 0 Å². The molecule has 20 heavy (non-hydrogen) atoms. The van der Waals surface area contributed by atoms with Crippen LogP contribution in [0.3, 0.4) is 0 Å². The minimum Gasteiger partial charge on any atom is -0.356 e. The van der Waals surface area contributed by atoms with E-state index in [-0.39, 0.29) is 24.0 Å². The molecule has 1 fully saturated rings. The number of rotatable bonds is 7. The maximum atomic E-state index is 4.25. The molecular weight excluding hydrogens is 383 g/mol. The van der Waals surface area contributed by atoms with Gasteiger partial charge in [0.05, 0.1) is 0 Å². The molecule has 0 saturated carbocycles. The second-order valence-electron chi connectivity index (χ2n) is 5.01. The molecule has 1 aliphatic heterocycles. The third-order valence-corrected chi connectivity index (χ3v) is 4.35. The molecule has 2 N–H and O–H groups in total. The predicted molar refractivity (Wildman–Crippen MR) is 103 cm³/mol. The van der Waals surface area contributed by atoms with Gasteiger partial charge >= 0.3 is 0 Å². The molecule has 0 aliphatic carbocycles. The SMILES string of the molecule is CCC1CCCCN1CCNC(=NC)NCCSC.I. The van der Waals surface area contributed by atoms with Crippen molar-refractivity contribution in [1.29, 1.82) is 0 Å². The fourth-order valence-corrected chi connectivity index (χ4v) is 2.93. The largest absolute Gasteiger partial charge is 0.356 e. The van der Waals surface area contributed by atoms with Gasteiger partial charge < -0.3 is 10.6 Å². The van der Waals surface area contributed by atoms with Crippen LogP contribution in [0.15, 0.2) is 4.99 Å². The Bertz CT molecular complexity index is 264. The topological polar surface area (TPSA) is 39.7 Å². The second-order valence-corrected chi connectivity index (χ2v) is 6.00. The third kappa shape index (κ3) is 7.93. The van der Waals surface area contributed by atoms with Crippen LogP contribution in [0.5, 0.6) is 0 Å². The molecule has 0 aromatic rings. The summed E-state index contributed by atoms with van der Waals surface area (Å²) in [5.41, 5.74) is 0. The number of halogens is 1. The van der Waals surface area contributed by atoms with E-state index in [0.717, 1.165) is 37.4 Å². The summed E-state index contributed by atoms with van der Waals surface area (Å²) in [7, 11) is 1.84. The molecule has 0 radical (unpaired) electrons. The Hall–Kier alpha value is 0.310. The summed E-state index contributed by atoms with van der Waals surface area (Å²) >= 11 is 1.85. The number of likely N-dealkylation sites (tertiary alicyclic amines) is 1. The molecule has 0 aromatic heterocycles. The van der Waals surface area contributed by atoms with Gasteiger partial charge in [0.25, 0.3) is 0 Å². The molecule has 0 aromatic carbocycles. The molecule has 1 unspecified atom stereocenters. The zero-order valence-corrected chi connectivity index (χ0v) is 16.3. The molecule has 1 rings (SSSR count). The van der Waals surface area contributed by atoms with Crippen LogP contribution in [0.1, 0.15) is 32.6 Å². The zero-order chi connectivity index (χ0) is 13.9. The molecule has 1 heterocycles. The number of piperidine rings is 1. The monoisotopic (exact) mass is 414 g/mol. The van der Waals surface area contributed by atoms with Gasteiger partial charge in [-0.05, 0) is 32.1 Å². The smallest absolute Gasteiger partial charge is 0.191 e. The Morgan fingerprint density at radius 1 is 1.30 bits per heavy atom. The van der Waals surface area contributed by atoms with E-state index < -0.39 is 0 Å². The van der Waals surface area contributed by atoms with Crippen molar-refractivity contribution in [1.82, 2.24) is 15.5 Å². The quantitative estimate of drug-likeness (QED) is 0.291. The van der Waals surface area contributed by atoms with E-state index in [1.165, 1.54) is 32.2 Å². The van der Waals surface area contributed by atoms with Gasteiger partial charge in [-0.1, -0.05) is 13.3 Å². The van der Waals surface area contributed by atoms with Crippen LogP contribution in [0.2, 0.25) is 0 Å². The van der Waals surface area contributed by atoms with Crippen LogP contribution >= 0.6 is 35.7 Å². The van der Waals surface area contributed by atoms with E-state index >= 15 is 0 Å². The normalized spacial score (nSPS) is 20.4. The van der Waals surface area contributed by atoms with Gasteiger partial charge in [-0.2, -0.15) is 11.8 Å². The van der Waals surface area contributed by atoms with Gasteiger partial charge in [0, 0.05) is 38.5 Å². The summed E-state index contributed by atoms with van der Waals surface area (Å²) in [5, 5.41) is 6.74. The van der Waals surface area contributed by atoms with Crippen molar-refractivity contribution in [2.45, 2.75) is 38.6 Å². The maximum Gasteiger partial charge on any atom is 0.191 e. The first-order valence-corrected chi connectivity index (χ1v) is 8.88. The third-order valence-electron chi connectivity index (χ3n) is 3.73. The minimum atomic E-state index is 0. The minimum absolute atomic E-state index is 0. The second kappa shape index (κ2) is 13.0. The van der Waals surface area contributed by atoms with Crippen LogP contribution in [-0.2, 0) is 0 Å². The van der Waals surface area contributed by atoms with E-state index in [0.29, 0.717) is 0 Å². The summed E-state index contributed by atoms with van der Waals surface area (Å²) in [6.07, 6.45) is 7.54. The Labute approximate surface area is 145 Å². The number of nitrogens with zero attached hydrogens (tertiary/aromatic N) is 2. The number of nitrogens with one attached hydrogen (secondary N) is 2. The molecule has 120 valence electrons. The van der Waals surface area contributed by atoms with Crippen molar-refractivity contribution in [2.24, 2.45) is 4.99 Å². The highest BCUT2D eigenvalue weighted by Crippen LogP contribution is 2.18. The highest BCUT2D eigenvalue weighted by molar-refractivity contribution is 14.0. The van der Waals surface area contributed by atoms with Crippen molar-refractivity contribution in [3.05, 3.63) is 0 Å². The molecule has 6 heteroatoms. The van der Waals surface area contributed by atoms with Crippen LogP contribution in [0.25, 0.3) is 0 Å². The molecule has 0 amide bonds. The van der Waals surface area contributed by atoms with Crippen molar-refractivity contribution in [3.8, 4) is 0 Å². The predicted octanol–water partition coefficient (Wildman–Crippen LogP) is 2.40. The summed E-state index contributed by atoms with van der Waals surface area (Å²) in [4.78, 5) is 6.88. The number of hydrogen-bond acceptors (Lipinski definition) is 3. The van der Waals surface area contributed by atoms with Crippen LogP contribution in [0, 0.1) is 0 Å². The summed E-state index contributed by atoms with van der Waals surface area (Å²) < 4.78 is 0.